The van der Waals surface area contributed by atoms with Gasteiger partial charge in [-0.2, -0.15) is 0 Å². The van der Waals surface area contributed by atoms with E-state index in [0.29, 0.717) is 35.6 Å². The molecule has 24 heavy (non-hydrogen) atoms. The van der Waals surface area contributed by atoms with E-state index in [2.05, 4.69) is 19.2 Å². The van der Waals surface area contributed by atoms with Crippen LogP contribution < -0.4 is 10.1 Å². The van der Waals surface area contributed by atoms with Gasteiger partial charge in [-0.25, -0.2) is 0 Å². The van der Waals surface area contributed by atoms with Crippen molar-refractivity contribution in [3.8, 4) is 5.75 Å². The molecule has 1 aromatic carbocycles. The number of rotatable bonds is 3. The van der Waals surface area contributed by atoms with Gasteiger partial charge in [0.25, 0.3) is 5.91 Å². The molecule has 2 N–H and O–H groups in total. The highest BCUT2D eigenvalue weighted by atomic mass is 16.5. The molecule has 0 saturated carbocycles. The fourth-order valence-electron chi connectivity index (χ4n) is 3.39. The number of fused-ring (bicyclic) bond motifs is 1. The zero-order valence-electron chi connectivity index (χ0n) is 14.5. The number of anilines is 1. The summed E-state index contributed by atoms with van der Waals surface area (Å²) in [6.45, 7) is 6.00. The number of hydrogen-bond donors (Lipinski definition) is 2. The molecule has 128 valence electrons. The number of aliphatic hydroxyl groups excluding tert-OH is 1. The Hall–Kier alpha value is -2.27. The van der Waals surface area contributed by atoms with Gasteiger partial charge in [-0.15, -0.1) is 0 Å². The topological polar surface area (TPSA) is 71.7 Å². The summed E-state index contributed by atoms with van der Waals surface area (Å²) in [6.07, 6.45) is 0.787. The Morgan fingerprint density at radius 3 is 2.88 bits per heavy atom. The Morgan fingerprint density at radius 1 is 1.42 bits per heavy atom. The molecule has 1 atom stereocenters. The van der Waals surface area contributed by atoms with Gasteiger partial charge in [-0.3, -0.25) is 4.79 Å². The number of ether oxygens (including phenoxy) is 1. The Labute approximate surface area is 141 Å². The molecule has 1 aliphatic carbocycles. The van der Waals surface area contributed by atoms with E-state index in [1.165, 1.54) is 0 Å². The molecule has 3 rings (SSSR count). The van der Waals surface area contributed by atoms with Crippen LogP contribution in [0.25, 0.3) is 0 Å². The number of nitrogens with one attached hydrogen (secondary N) is 1. The smallest absolute Gasteiger partial charge is 0.291 e. The molecule has 1 heterocycles. The Kier molecular flexibility index (Phi) is 4.13. The van der Waals surface area contributed by atoms with Crippen molar-refractivity contribution in [2.75, 3.05) is 12.4 Å². The number of carbonyl (C=O) groups excluding carboxylic acids is 1. The molecule has 5 heteroatoms. The molecular weight excluding hydrogens is 306 g/mol. The number of furan rings is 1. The van der Waals surface area contributed by atoms with Crippen molar-refractivity contribution in [2.45, 2.75) is 39.7 Å². The van der Waals surface area contributed by atoms with E-state index in [9.17, 15) is 9.90 Å². The average Bonchev–Trinajstić information content (AvgIpc) is 2.83. The lowest BCUT2D eigenvalue weighted by Crippen LogP contribution is -2.24. The highest BCUT2D eigenvalue weighted by molar-refractivity contribution is 6.03. The monoisotopic (exact) mass is 329 g/mol. The van der Waals surface area contributed by atoms with E-state index in [-0.39, 0.29) is 17.1 Å². The maximum Gasteiger partial charge on any atom is 0.291 e. The lowest BCUT2D eigenvalue weighted by atomic mass is 9.75. The summed E-state index contributed by atoms with van der Waals surface area (Å²) in [5.74, 6) is 1.33. The van der Waals surface area contributed by atoms with Gasteiger partial charge in [0.2, 0.25) is 0 Å². The van der Waals surface area contributed by atoms with Crippen LogP contribution in [0.15, 0.2) is 28.7 Å². The van der Waals surface area contributed by atoms with Crippen molar-refractivity contribution in [1.29, 1.82) is 0 Å². The lowest BCUT2D eigenvalue weighted by molar-refractivity contribution is 0.0910. The minimum absolute atomic E-state index is 0.0444. The lowest BCUT2D eigenvalue weighted by Gasteiger charge is -2.31. The van der Waals surface area contributed by atoms with Crippen molar-refractivity contribution < 1.29 is 19.1 Å². The molecule has 0 fully saturated rings. The van der Waals surface area contributed by atoms with Gasteiger partial charge in [0, 0.05) is 29.3 Å². The minimum atomic E-state index is -0.592. The molecule has 0 saturated heterocycles. The fourth-order valence-corrected chi connectivity index (χ4v) is 3.39. The van der Waals surface area contributed by atoms with Gasteiger partial charge in [-0.05, 0) is 30.9 Å². The van der Waals surface area contributed by atoms with Crippen molar-refractivity contribution in [3.05, 3.63) is 46.9 Å². The molecule has 0 aliphatic heterocycles. The van der Waals surface area contributed by atoms with Crippen LogP contribution in [-0.4, -0.2) is 18.1 Å². The second kappa shape index (κ2) is 5.98. The van der Waals surface area contributed by atoms with Crippen molar-refractivity contribution >= 4 is 11.6 Å². The van der Waals surface area contributed by atoms with Crippen molar-refractivity contribution in [3.63, 3.8) is 0 Å². The standard InChI is InChI=1S/C19H23NO4/c1-11-16-14(21)9-19(2,3)10-15(16)24-17(11)18(22)20-12-6-5-7-13(8-12)23-4/h5-8,14,21H,9-10H2,1-4H3,(H,20,22). The maximum absolute atomic E-state index is 12.6. The number of methoxy groups -OCH3 is 1. The summed E-state index contributed by atoms with van der Waals surface area (Å²) in [5.41, 5.74) is 2.07. The number of carbonyl (C=O) groups is 1. The first-order chi connectivity index (χ1) is 11.3. The Bertz CT molecular complexity index is 776. The highest BCUT2D eigenvalue weighted by Crippen LogP contribution is 2.44. The van der Waals surface area contributed by atoms with Crippen LogP contribution >= 0.6 is 0 Å². The summed E-state index contributed by atoms with van der Waals surface area (Å²) >= 11 is 0. The van der Waals surface area contributed by atoms with Crippen molar-refractivity contribution in [2.24, 2.45) is 5.41 Å². The second-order valence-electron chi connectivity index (χ2n) is 7.14. The van der Waals surface area contributed by atoms with Gasteiger partial charge in [-0.1, -0.05) is 19.9 Å². The van der Waals surface area contributed by atoms with Crippen LogP contribution in [0.4, 0.5) is 5.69 Å². The second-order valence-corrected chi connectivity index (χ2v) is 7.14. The van der Waals surface area contributed by atoms with Crippen LogP contribution in [0, 0.1) is 12.3 Å². The zero-order chi connectivity index (χ0) is 17.5. The van der Waals surface area contributed by atoms with E-state index in [4.69, 9.17) is 9.15 Å². The molecule has 1 unspecified atom stereocenters. The maximum atomic E-state index is 12.6. The quantitative estimate of drug-likeness (QED) is 0.897. The summed E-state index contributed by atoms with van der Waals surface area (Å²) in [7, 11) is 1.58. The molecule has 1 aliphatic rings. The predicted octanol–water partition coefficient (Wildman–Crippen LogP) is 3.85. The SMILES string of the molecule is COc1cccc(NC(=O)c2oc3c(c2C)C(O)CC(C)(C)C3)c1. The van der Waals surface area contributed by atoms with Crippen LogP contribution in [0.5, 0.6) is 5.75 Å². The van der Waals surface area contributed by atoms with Crippen LogP contribution in [0.2, 0.25) is 0 Å². The van der Waals surface area contributed by atoms with Crippen LogP contribution in [0.1, 0.15) is 53.8 Å². The molecular formula is C19H23NO4. The van der Waals surface area contributed by atoms with Gasteiger partial charge >= 0.3 is 0 Å². The van der Waals surface area contributed by atoms with E-state index in [0.717, 1.165) is 5.56 Å². The van der Waals surface area contributed by atoms with Gasteiger partial charge in [0.1, 0.15) is 11.5 Å². The normalized spacial score (nSPS) is 18.8. The number of amides is 1. The number of aliphatic hydroxyl groups is 1. The zero-order valence-corrected chi connectivity index (χ0v) is 14.5. The largest absolute Gasteiger partial charge is 0.497 e. The molecule has 0 spiro atoms. The van der Waals surface area contributed by atoms with Gasteiger partial charge in [0.05, 0.1) is 13.2 Å². The van der Waals surface area contributed by atoms with E-state index in [1.807, 2.05) is 13.0 Å². The first-order valence-electron chi connectivity index (χ1n) is 8.06. The van der Waals surface area contributed by atoms with Gasteiger partial charge in [0.15, 0.2) is 5.76 Å². The third kappa shape index (κ3) is 3.04. The average molecular weight is 329 g/mol. The fraction of sp³-hybridized carbons (Fsp3) is 0.421. The summed E-state index contributed by atoms with van der Waals surface area (Å²) < 4.78 is 11.0. The van der Waals surface area contributed by atoms with Crippen LogP contribution in [0.3, 0.4) is 0 Å². The summed E-state index contributed by atoms with van der Waals surface area (Å²) in [5, 5.41) is 13.2. The first-order valence-corrected chi connectivity index (χ1v) is 8.06. The molecule has 0 radical (unpaired) electrons. The van der Waals surface area contributed by atoms with Crippen molar-refractivity contribution in [1.82, 2.24) is 0 Å². The molecule has 1 aromatic heterocycles. The Balaban J connectivity index is 1.89. The Morgan fingerprint density at radius 2 is 2.17 bits per heavy atom. The third-order valence-electron chi connectivity index (χ3n) is 4.52. The molecule has 1 amide bonds. The number of hydrogen-bond acceptors (Lipinski definition) is 4. The van der Waals surface area contributed by atoms with E-state index >= 15 is 0 Å². The van der Waals surface area contributed by atoms with Gasteiger partial charge < -0.3 is 19.6 Å². The number of benzene rings is 1. The van der Waals surface area contributed by atoms with E-state index < -0.39 is 6.10 Å². The molecule has 0 bridgehead atoms. The third-order valence-corrected chi connectivity index (χ3v) is 4.52. The molecule has 5 nitrogen and oxygen atoms in total. The minimum Gasteiger partial charge on any atom is -0.497 e. The van der Waals surface area contributed by atoms with Crippen LogP contribution in [-0.2, 0) is 6.42 Å². The first kappa shape index (κ1) is 16.6. The summed E-state index contributed by atoms with van der Waals surface area (Å²) in [4.78, 5) is 12.6. The summed E-state index contributed by atoms with van der Waals surface area (Å²) in [6, 6.07) is 7.15. The highest BCUT2D eigenvalue weighted by Gasteiger charge is 2.37. The van der Waals surface area contributed by atoms with E-state index in [1.54, 1.807) is 25.3 Å². The predicted molar refractivity (Wildman–Crippen MR) is 91.5 cm³/mol. The molecule has 2 aromatic rings.